The van der Waals surface area contributed by atoms with Crippen LogP contribution >= 0.6 is 0 Å². The van der Waals surface area contributed by atoms with Crippen LogP contribution in [-0.4, -0.2) is 23.4 Å². The van der Waals surface area contributed by atoms with Gasteiger partial charge >= 0.3 is 5.97 Å². The molecule has 24 heavy (non-hydrogen) atoms. The van der Waals surface area contributed by atoms with Crippen molar-refractivity contribution in [1.29, 1.82) is 0 Å². The molecule has 0 fully saturated rings. The maximum Gasteiger partial charge on any atom is 0.322 e. The van der Waals surface area contributed by atoms with Crippen molar-refractivity contribution in [2.24, 2.45) is 0 Å². The number of para-hydroxylation sites is 1. The fraction of sp³-hybridized carbons (Fsp3) is 0.158. The van der Waals surface area contributed by atoms with Crippen LogP contribution in [0.25, 0.3) is 11.0 Å². The number of aliphatic carboxylic acids is 1. The smallest absolute Gasteiger partial charge is 0.322 e. The molecule has 0 amide bonds. The summed E-state index contributed by atoms with van der Waals surface area (Å²) in [5.41, 5.74) is 2.50. The summed E-state index contributed by atoms with van der Waals surface area (Å²) in [6.45, 7) is 1.78. The Balaban J connectivity index is 1.93. The van der Waals surface area contributed by atoms with Crippen molar-refractivity contribution in [2.45, 2.75) is 13.3 Å². The highest BCUT2D eigenvalue weighted by molar-refractivity contribution is 6.16. The molecule has 0 radical (unpaired) electrons. The number of furan rings is 1. The van der Waals surface area contributed by atoms with E-state index in [0.29, 0.717) is 34.6 Å². The van der Waals surface area contributed by atoms with E-state index < -0.39 is 5.97 Å². The zero-order valence-corrected chi connectivity index (χ0v) is 13.2. The summed E-state index contributed by atoms with van der Waals surface area (Å²) in [7, 11) is 0. The van der Waals surface area contributed by atoms with Crippen LogP contribution in [0.3, 0.4) is 0 Å². The number of carboxylic acids is 1. The lowest BCUT2D eigenvalue weighted by atomic mass is 9.99. The predicted octanol–water partition coefficient (Wildman–Crippen LogP) is 3.72. The molecule has 5 nitrogen and oxygen atoms in total. The topological polar surface area (TPSA) is 79.5 Å². The van der Waals surface area contributed by atoms with Crippen LogP contribution in [0, 0.1) is 0 Å². The molecule has 5 heteroatoms. The standard InChI is InChI=1S/C19H17NO4/c1-2-15-18(14-5-3-4-6-16(14)24-15)19(23)12-7-9-13(10-8-12)20-11-17(21)22/h3-10,20H,2,11H2,1H3,(H,21,22). The van der Waals surface area contributed by atoms with E-state index in [4.69, 9.17) is 9.52 Å². The number of anilines is 1. The molecule has 0 unspecified atom stereocenters. The van der Waals surface area contributed by atoms with E-state index in [-0.39, 0.29) is 12.3 Å². The summed E-state index contributed by atoms with van der Waals surface area (Å²) >= 11 is 0. The molecule has 0 saturated heterocycles. The maximum absolute atomic E-state index is 12.9. The third-order valence-electron chi connectivity index (χ3n) is 3.81. The molecule has 0 aliphatic heterocycles. The van der Waals surface area contributed by atoms with Crippen LogP contribution in [-0.2, 0) is 11.2 Å². The number of fused-ring (bicyclic) bond motifs is 1. The number of aryl methyl sites for hydroxylation is 1. The highest BCUT2D eigenvalue weighted by Crippen LogP contribution is 2.28. The number of nitrogens with one attached hydrogen (secondary N) is 1. The fourth-order valence-electron chi connectivity index (χ4n) is 2.66. The molecule has 1 aromatic heterocycles. The van der Waals surface area contributed by atoms with Crippen molar-refractivity contribution in [3.05, 3.63) is 65.4 Å². The van der Waals surface area contributed by atoms with Crippen molar-refractivity contribution in [3.63, 3.8) is 0 Å². The summed E-state index contributed by atoms with van der Waals surface area (Å²) in [4.78, 5) is 23.5. The summed E-state index contributed by atoms with van der Waals surface area (Å²) in [6, 6.07) is 14.3. The molecule has 0 spiro atoms. The van der Waals surface area contributed by atoms with E-state index in [9.17, 15) is 9.59 Å². The number of benzene rings is 2. The Bertz CT molecular complexity index is 893. The van der Waals surface area contributed by atoms with Gasteiger partial charge in [0.25, 0.3) is 0 Å². The molecule has 0 bridgehead atoms. The number of ketones is 1. The lowest BCUT2D eigenvalue weighted by Gasteiger charge is -2.05. The number of carboxylic acid groups (broad SMARTS) is 1. The molecule has 2 aromatic carbocycles. The molecule has 0 aliphatic carbocycles. The normalized spacial score (nSPS) is 10.7. The quantitative estimate of drug-likeness (QED) is 0.676. The minimum atomic E-state index is -0.937. The Labute approximate surface area is 138 Å². The Morgan fingerprint density at radius 3 is 2.46 bits per heavy atom. The molecule has 2 N–H and O–H groups in total. The third kappa shape index (κ3) is 3.01. The van der Waals surface area contributed by atoms with Crippen LogP contribution in [0.4, 0.5) is 5.69 Å². The van der Waals surface area contributed by atoms with Crippen molar-refractivity contribution in [2.75, 3.05) is 11.9 Å². The molecular formula is C19H17NO4. The summed E-state index contributed by atoms with van der Waals surface area (Å²) in [5.74, 6) is -0.358. The number of rotatable bonds is 6. The van der Waals surface area contributed by atoms with Crippen molar-refractivity contribution >= 4 is 28.4 Å². The van der Waals surface area contributed by atoms with Gasteiger partial charge in [-0.25, -0.2) is 0 Å². The molecule has 3 rings (SSSR count). The summed E-state index contributed by atoms with van der Waals surface area (Å²) in [6.07, 6.45) is 0.633. The van der Waals surface area contributed by atoms with Gasteiger partial charge in [-0.15, -0.1) is 0 Å². The highest BCUT2D eigenvalue weighted by Gasteiger charge is 2.20. The Morgan fingerprint density at radius 1 is 1.08 bits per heavy atom. The zero-order valence-electron chi connectivity index (χ0n) is 13.2. The highest BCUT2D eigenvalue weighted by atomic mass is 16.4. The Hall–Kier alpha value is -3.08. The van der Waals surface area contributed by atoms with Crippen LogP contribution in [0.2, 0.25) is 0 Å². The van der Waals surface area contributed by atoms with E-state index in [1.54, 1.807) is 24.3 Å². The van der Waals surface area contributed by atoms with Crippen LogP contribution < -0.4 is 5.32 Å². The average molecular weight is 323 g/mol. The van der Waals surface area contributed by atoms with E-state index in [1.165, 1.54) is 0 Å². The number of carbonyl (C=O) groups is 2. The van der Waals surface area contributed by atoms with Crippen LogP contribution in [0.15, 0.2) is 52.9 Å². The first-order chi connectivity index (χ1) is 11.6. The lowest BCUT2D eigenvalue weighted by molar-refractivity contribution is -0.134. The van der Waals surface area contributed by atoms with E-state index in [0.717, 1.165) is 5.39 Å². The second-order valence-corrected chi connectivity index (χ2v) is 5.40. The first kappa shape index (κ1) is 15.8. The van der Waals surface area contributed by atoms with Gasteiger partial charge in [0.15, 0.2) is 5.78 Å². The molecule has 0 saturated carbocycles. The minimum absolute atomic E-state index is 0.0958. The van der Waals surface area contributed by atoms with Gasteiger partial charge < -0.3 is 14.8 Å². The second-order valence-electron chi connectivity index (χ2n) is 5.40. The molecule has 3 aromatic rings. The Kier molecular flexibility index (Phi) is 4.33. The van der Waals surface area contributed by atoms with Crippen molar-refractivity contribution < 1.29 is 19.1 Å². The SMILES string of the molecule is CCc1oc2ccccc2c1C(=O)c1ccc(NCC(=O)O)cc1. The second kappa shape index (κ2) is 6.58. The third-order valence-corrected chi connectivity index (χ3v) is 3.81. The maximum atomic E-state index is 12.9. The zero-order chi connectivity index (χ0) is 17.1. The molecule has 0 atom stereocenters. The van der Waals surface area contributed by atoms with Gasteiger partial charge in [-0.05, 0) is 30.3 Å². The van der Waals surface area contributed by atoms with Gasteiger partial charge in [0.05, 0.1) is 5.56 Å². The summed E-state index contributed by atoms with van der Waals surface area (Å²) < 4.78 is 5.78. The first-order valence-corrected chi connectivity index (χ1v) is 7.71. The van der Waals surface area contributed by atoms with Crippen molar-refractivity contribution in [3.8, 4) is 0 Å². The van der Waals surface area contributed by atoms with Crippen LogP contribution in [0.5, 0.6) is 0 Å². The van der Waals surface area contributed by atoms with Gasteiger partial charge in [0.1, 0.15) is 17.9 Å². The molecule has 1 heterocycles. The van der Waals surface area contributed by atoms with Gasteiger partial charge in [-0.1, -0.05) is 25.1 Å². The largest absolute Gasteiger partial charge is 0.480 e. The predicted molar refractivity (Wildman–Crippen MR) is 91.6 cm³/mol. The van der Waals surface area contributed by atoms with E-state index >= 15 is 0 Å². The average Bonchev–Trinajstić information content (AvgIpc) is 2.98. The monoisotopic (exact) mass is 323 g/mol. The Morgan fingerprint density at radius 2 is 1.79 bits per heavy atom. The summed E-state index contributed by atoms with van der Waals surface area (Å²) in [5, 5.41) is 12.3. The minimum Gasteiger partial charge on any atom is -0.480 e. The lowest BCUT2D eigenvalue weighted by Crippen LogP contribution is -2.12. The van der Waals surface area contributed by atoms with Gasteiger partial charge in [0.2, 0.25) is 0 Å². The fourth-order valence-corrected chi connectivity index (χ4v) is 2.66. The molecule has 0 aliphatic rings. The van der Waals surface area contributed by atoms with Gasteiger partial charge in [0, 0.05) is 23.1 Å². The molecule has 122 valence electrons. The van der Waals surface area contributed by atoms with Gasteiger partial charge in [-0.2, -0.15) is 0 Å². The van der Waals surface area contributed by atoms with E-state index in [1.807, 2.05) is 31.2 Å². The van der Waals surface area contributed by atoms with Crippen LogP contribution in [0.1, 0.15) is 28.6 Å². The van der Waals surface area contributed by atoms with Gasteiger partial charge in [-0.3, -0.25) is 9.59 Å². The first-order valence-electron chi connectivity index (χ1n) is 7.71. The van der Waals surface area contributed by atoms with Crippen molar-refractivity contribution in [1.82, 2.24) is 0 Å². The van der Waals surface area contributed by atoms with E-state index in [2.05, 4.69) is 5.32 Å². The molecular weight excluding hydrogens is 306 g/mol. The number of hydrogen-bond donors (Lipinski definition) is 2. The number of hydrogen-bond acceptors (Lipinski definition) is 4. The number of carbonyl (C=O) groups excluding carboxylic acids is 1.